The van der Waals surface area contributed by atoms with Gasteiger partial charge in [-0.1, -0.05) is 13.8 Å². The largest absolute Gasteiger partial charge is 0.493 e. The summed E-state index contributed by atoms with van der Waals surface area (Å²) in [7, 11) is 1.63. The van der Waals surface area contributed by atoms with Gasteiger partial charge in [-0.25, -0.2) is 0 Å². The zero-order valence-corrected chi connectivity index (χ0v) is 14.4. The van der Waals surface area contributed by atoms with Crippen molar-refractivity contribution in [2.75, 3.05) is 27.0 Å². The van der Waals surface area contributed by atoms with Crippen LogP contribution in [0.4, 0.5) is 0 Å². The minimum absolute atomic E-state index is 0.155. The van der Waals surface area contributed by atoms with Crippen molar-refractivity contribution in [1.29, 1.82) is 0 Å². The Morgan fingerprint density at radius 2 is 2.21 bits per heavy atom. The molecular weight excluding hydrogens is 308 g/mol. The number of carbonyl (C=O) groups excluding carboxylic acids is 1. The van der Waals surface area contributed by atoms with Crippen molar-refractivity contribution >= 4 is 5.91 Å². The molecule has 2 N–H and O–H groups in total. The number of primary amides is 1. The standard InChI is InChI=1S/C18H24N2O4/c1-17(2)8-18(16(19)21)9-20(7-14(17)18)6-11-4-12(22-3)15-13(5-11)23-10-24-15/h4-5,14H,6-10H2,1-3H3,(H2,19,21)/t14-,18+/m1/s1. The second kappa shape index (κ2) is 5.02. The number of nitrogens with two attached hydrogens (primary N) is 1. The van der Waals surface area contributed by atoms with Gasteiger partial charge < -0.3 is 19.9 Å². The predicted octanol–water partition coefficient (Wildman–Crippen LogP) is 1.76. The summed E-state index contributed by atoms with van der Waals surface area (Å²) in [5.41, 5.74) is 6.66. The molecule has 3 aliphatic rings. The molecule has 1 saturated heterocycles. The Balaban J connectivity index is 1.56. The third-order valence-electron chi connectivity index (χ3n) is 5.94. The molecule has 1 aromatic carbocycles. The lowest BCUT2D eigenvalue weighted by atomic mass is 9.48. The Bertz CT molecular complexity index is 703. The molecule has 4 rings (SSSR count). The second-order valence-corrected chi connectivity index (χ2v) is 7.94. The molecule has 1 saturated carbocycles. The molecule has 0 spiro atoms. The lowest BCUT2D eigenvalue weighted by Gasteiger charge is -2.54. The van der Waals surface area contributed by atoms with Gasteiger partial charge in [0, 0.05) is 19.6 Å². The highest BCUT2D eigenvalue weighted by Gasteiger charge is 2.65. The average Bonchev–Trinajstić information content (AvgIpc) is 3.10. The maximum Gasteiger partial charge on any atom is 0.231 e. The van der Waals surface area contributed by atoms with E-state index in [-0.39, 0.29) is 23.5 Å². The molecule has 0 bridgehead atoms. The molecular formula is C18H24N2O4. The number of methoxy groups -OCH3 is 1. The normalized spacial score (nSPS) is 29.9. The van der Waals surface area contributed by atoms with Crippen molar-refractivity contribution in [3.8, 4) is 17.2 Å². The number of fused-ring (bicyclic) bond motifs is 2. The number of hydrogen-bond acceptors (Lipinski definition) is 5. The molecule has 130 valence electrons. The molecule has 0 radical (unpaired) electrons. The van der Waals surface area contributed by atoms with E-state index in [2.05, 4.69) is 18.7 Å². The van der Waals surface area contributed by atoms with Crippen LogP contribution in [0.1, 0.15) is 25.8 Å². The summed E-state index contributed by atoms with van der Waals surface area (Å²) < 4.78 is 16.3. The Morgan fingerprint density at radius 1 is 1.42 bits per heavy atom. The summed E-state index contributed by atoms with van der Waals surface area (Å²) in [4.78, 5) is 14.4. The van der Waals surface area contributed by atoms with E-state index in [0.29, 0.717) is 17.4 Å². The number of benzene rings is 1. The van der Waals surface area contributed by atoms with Crippen LogP contribution in [-0.4, -0.2) is 37.8 Å². The molecule has 2 atom stereocenters. The van der Waals surface area contributed by atoms with Gasteiger partial charge in [0.05, 0.1) is 12.5 Å². The van der Waals surface area contributed by atoms with Crippen LogP contribution in [-0.2, 0) is 11.3 Å². The molecule has 2 aliphatic heterocycles. The number of amides is 1. The fraction of sp³-hybridized carbons (Fsp3) is 0.611. The lowest BCUT2D eigenvalue weighted by Crippen LogP contribution is -2.59. The molecule has 6 heteroatoms. The van der Waals surface area contributed by atoms with Gasteiger partial charge in [-0.05, 0) is 35.4 Å². The number of likely N-dealkylation sites (tertiary alicyclic amines) is 1. The van der Waals surface area contributed by atoms with Gasteiger partial charge in [0.2, 0.25) is 18.4 Å². The van der Waals surface area contributed by atoms with Crippen LogP contribution in [0.3, 0.4) is 0 Å². The Hall–Kier alpha value is -1.95. The molecule has 6 nitrogen and oxygen atoms in total. The summed E-state index contributed by atoms with van der Waals surface area (Å²) in [6, 6.07) is 3.98. The van der Waals surface area contributed by atoms with E-state index in [9.17, 15) is 4.79 Å². The highest BCUT2D eigenvalue weighted by Crippen LogP contribution is 2.62. The summed E-state index contributed by atoms with van der Waals surface area (Å²) >= 11 is 0. The summed E-state index contributed by atoms with van der Waals surface area (Å²) in [5.74, 6) is 2.25. The van der Waals surface area contributed by atoms with Crippen LogP contribution < -0.4 is 19.9 Å². The lowest BCUT2D eigenvalue weighted by molar-refractivity contribution is -0.148. The van der Waals surface area contributed by atoms with Crippen LogP contribution in [0.5, 0.6) is 17.2 Å². The third kappa shape index (κ3) is 2.09. The van der Waals surface area contributed by atoms with Crippen LogP contribution in [0, 0.1) is 16.7 Å². The van der Waals surface area contributed by atoms with Crippen LogP contribution in [0.15, 0.2) is 12.1 Å². The Labute approximate surface area is 141 Å². The fourth-order valence-electron chi connectivity index (χ4n) is 4.98. The summed E-state index contributed by atoms with van der Waals surface area (Å²) in [6.07, 6.45) is 0.876. The predicted molar refractivity (Wildman–Crippen MR) is 87.9 cm³/mol. The number of carbonyl (C=O) groups is 1. The molecule has 0 unspecified atom stereocenters. The van der Waals surface area contributed by atoms with Crippen LogP contribution in [0.25, 0.3) is 0 Å². The van der Waals surface area contributed by atoms with Gasteiger partial charge in [-0.3, -0.25) is 9.69 Å². The number of hydrogen-bond donors (Lipinski definition) is 1. The molecule has 1 aromatic rings. The maximum atomic E-state index is 12.1. The fourth-order valence-corrected chi connectivity index (χ4v) is 4.98. The van der Waals surface area contributed by atoms with Crippen LogP contribution >= 0.6 is 0 Å². The van der Waals surface area contributed by atoms with E-state index >= 15 is 0 Å². The molecule has 1 amide bonds. The first-order valence-electron chi connectivity index (χ1n) is 8.34. The van der Waals surface area contributed by atoms with Crippen LogP contribution in [0.2, 0.25) is 0 Å². The zero-order valence-electron chi connectivity index (χ0n) is 14.4. The van der Waals surface area contributed by atoms with Crippen molar-refractivity contribution in [2.24, 2.45) is 22.5 Å². The monoisotopic (exact) mass is 332 g/mol. The van der Waals surface area contributed by atoms with E-state index in [1.54, 1.807) is 7.11 Å². The minimum atomic E-state index is -0.357. The summed E-state index contributed by atoms with van der Waals surface area (Å²) in [6.45, 7) is 7.05. The van der Waals surface area contributed by atoms with E-state index in [1.165, 1.54) is 0 Å². The van der Waals surface area contributed by atoms with Crippen molar-refractivity contribution < 1.29 is 19.0 Å². The van der Waals surface area contributed by atoms with Crippen molar-refractivity contribution in [3.05, 3.63) is 17.7 Å². The third-order valence-corrected chi connectivity index (χ3v) is 5.94. The van der Waals surface area contributed by atoms with E-state index < -0.39 is 0 Å². The second-order valence-electron chi connectivity index (χ2n) is 7.94. The topological polar surface area (TPSA) is 74.0 Å². The van der Waals surface area contributed by atoms with Gasteiger partial charge in [0.1, 0.15) is 0 Å². The highest BCUT2D eigenvalue weighted by molar-refractivity contribution is 5.83. The molecule has 24 heavy (non-hydrogen) atoms. The first-order chi connectivity index (χ1) is 11.4. The first kappa shape index (κ1) is 15.6. The van der Waals surface area contributed by atoms with Gasteiger partial charge in [-0.15, -0.1) is 0 Å². The van der Waals surface area contributed by atoms with Gasteiger partial charge in [0.15, 0.2) is 11.5 Å². The number of ether oxygens (including phenoxy) is 3. The van der Waals surface area contributed by atoms with E-state index in [4.69, 9.17) is 19.9 Å². The number of nitrogens with zero attached hydrogens (tertiary/aromatic N) is 1. The van der Waals surface area contributed by atoms with Gasteiger partial charge in [0.25, 0.3) is 0 Å². The van der Waals surface area contributed by atoms with Gasteiger partial charge in [-0.2, -0.15) is 0 Å². The summed E-state index contributed by atoms with van der Waals surface area (Å²) in [5, 5.41) is 0. The van der Waals surface area contributed by atoms with Crippen molar-refractivity contribution in [2.45, 2.75) is 26.8 Å². The molecule has 2 heterocycles. The van der Waals surface area contributed by atoms with Crippen molar-refractivity contribution in [3.63, 3.8) is 0 Å². The SMILES string of the molecule is COc1cc(CN2C[C@@H]3C(C)(C)C[C@]3(C(N)=O)C2)cc2c1OCO2. The zero-order chi connectivity index (χ0) is 17.1. The minimum Gasteiger partial charge on any atom is -0.493 e. The molecule has 2 fully saturated rings. The quantitative estimate of drug-likeness (QED) is 0.909. The molecule has 0 aromatic heterocycles. The maximum absolute atomic E-state index is 12.1. The molecule has 1 aliphatic carbocycles. The Kier molecular flexibility index (Phi) is 3.26. The van der Waals surface area contributed by atoms with Crippen molar-refractivity contribution in [1.82, 2.24) is 4.90 Å². The smallest absolute Gasteiger partial charge is 0.231 e. The first-order valence-corrected chi connectivity index (χ1v) is 8.34. The van der Waals surface area contributed by atoms with E-state index in [1.807, 2.05) is 12.1 Å². The Morgan fingerprint density at radius 3 is 2.83 bits per heavy atom. The highest BCUT2D eigenvalue weighted by atomic mass is 16.7. The van der Waals surface area contributed by atoms with E-state index in [0.717, 1.165) is 37.4 Å². The average molecular weight is 332 g/mol. The van der Waals surface area contributed by atoms with Gasteiger partial charge >= 0.3 is 0 Å². The number of rotatable bonds is 4.